The van der Waals surface area contributed by atoms with Crippen LogP contribution in [0.4, 0.5) is 5.69 Å². The zero-order chi connectivity index (χ0) is 16.4. The van der Waals surface area contributed by atoms with Crippen molar-refractivity contribution in [1.82, 2.24) is 9.80 Å². The second-order valence-electron chi connectivity index (χ2n) is 5.78. The van der Waals surface area contributed by atoms with Gasteiger partial charge in [-0.1, -0.05) is 0 Å². The van der Waals surface area contributed by atoms with E-state index in [9.17, 15) is 9.59 Å². The molecule has 2 heterocycles. The van der Waals surface area contributed by atoms with Gasteiger partial charge in [0.1, 0.15) is 0 Å². The maximum atomic E-state index is 12.4. The summed E-state index contributed by atoms with van der Waals surface area (Å²) in [6.07, 6.45) is 0. The molecular weight excluding hydrogens is 298 g/mol. The number of hydrogen-bond acceptors (Lipinski definition) is 5. The molecule has 2 aliphatic rings. The standard InChI is InChI=1S/C16H21N3O4/c1-11(18-5-7-19(8-6-18)12(2)20)16(21)17-13-3-4-14-15(9-13)23-10-22-14/h3-4,9,11H,5-8,10H2,1-2H3,(H,17,21)/t11-/m1/s1. The number of carbonyl (C=O) groups excluding carboxylic acids is 2. The van der Waals surface area contributed by atoms with Gasteiger partial charge in [-0.3, -0.25) is 14.5 Å². The van der Waals surface area contributed by atoms with Crippen LogP contribution in [0.5, 0.6) is 11.5 Å². The Labute approximate surface area is 135 Å². The fraction of sp³-hybridized carbons (Fsp3) is 0.500. The van der Waals surface area contributed by atoms with Crippen molar-refractivity contribution in [3.05, 3.63) is 18.2 Å². The minimum absolute atomic E-state index is 0.0693. The van der Waals surface area contributed by atoms with Gasteiger partial charge in [-0.2, -0.15) is 0 Å². The average Bonchev–Trinajstić information content (AvgIpc) is 3.01. The molecule has 1 aromatic rings. The van der Waals surface area contributed by atoms with Crippen molar-refractivity contribution in [1.29, 1.82) is 0 Å². The number of nitrogens with one attached hydrogen (secondary N) is 1. The van der Waals surface area contributed by atoms with E-state index < -0.39 is 0 Å². The van der Waals surface area contributed by atoms with Crippen LogP contribution in [0.15, 0.2) is 18.2 Å². The van der Waals surface area contributed by atoms with Crippen LogP contribution in [0, 0.1) is 0 Å². The molecular formula is C16H21N3O4. The molecule has 1 aromatic carbocycles. The predicted octanol–water partition coefficient (Wildman–Crippen LogP) is 0.906. The highest BCUT2D eigenvalue weighted by Gasteiger charge is 2.26. The monoisotopic (exact) mass is 319 g/mol. The molecule has 23 heavy (non-hydrogen) atoms. The SMILES string of the molecule is CC(=O)N1CCN([C@H](C)C(=O)Nc2ccc3c(c2)OCO3)CC1. The lowest BCUT2D eigenvalue weighted by molar-refractivity contribution is -0.131. The molecule has 2 amide bonds. The van der Waals surface area contributed by atoms with E-state index in [1.807, 2.05) is 6.92 Å². The van der Waals surface area contributed by atoms with Crippen LogP contribution in [-0.2, 0) is 9.59 Å². The topological polar surface area (TPSA) is 71.1 Å². The summed E-state index contributed by atoms with van der Waals surface area (Å²) in [5, 5.41) is 2.91. The van der Waals surface area contributed by atoms with Gasteiger partial charge >= 0.3 is 0 Å². The van der Waals surface area contributed by atoms with E-state index in [0.29, 0.717) is 43.4 Å². The first kappa shape index (κ1) is 15.6. The fourth-order valence-corrected chi connectivity index (χ4v) is 2.81. The zero-order valence-electron chi connectivity index (χ0n) is 13.4. The van der Waals surface area contributed by atoms with Crippen molar-refractivity contribution in [2.24, 2.45) is 0 Å². The summed E-state index contributed by atoms with van der Waals surface area (Å²) in [5.41, 5.74) is 0.688. The van der Waals surface area contributed by atoms with Crippen molar-refractivity contribution < 1.29 is 19.1 Å². The summed E-state index contributed by atoms with van der Waals surface area (Å²) >= 11 is 0. The first-order valence-electron chi connectivity index (χ1n) is 7.74. The number of nitrogens with zero attached hydrogens (tertiary/aromatic N) is 2. The summed E-state index contributed by atoms with van der Waals surface area (Å²) in [6.45, 7) is 6.40. The number of piperazine rings is 1. The van der Waals surface area contributed by atoms with E-state index >= 15 is 0 Å². The van der Waals surface area contributed by atoms with Crippen LogP contribution in [0.3, 0.4) is 0 Å². The van der Waals surface area contributed by atoms with Crippen molar-refractivity contribution in [2.75, 3.05) is 38.3 Å². The van der Waals surface area contributed by atoms with Gasteiger partial charge in [0.15, 0.2) is 11.5 Å². The Balaban J connectivity index is 1.57. The van der Waals surface area contributed by atoms with Crippen LogP contribution in [0.2, 0.25) is 0 Å². The third-order valence-corrected chi connectivity index (χ3v) is 4.33. The molecule has 124 valence electrons. The molecule has 1 fully saturated rings. The summed E-state index contributed by atoms with van der Waals surface area (Å²) < 4.78 is 10.6. The van der Waals surface area contributed by atoms with Crippen LogP contribution < -0.4 is 14.8 Å². The smallest absolute Gasteiger partial charge is 0.241 e. The van der Waals surface area contributed by atoms with Gasteiger partial charge in [-0.05, 0) is 19.1 Å². The van der Waals surface area contributed by atoms with Gasteiger partial charge in [-0.25, -0.2) is 0 Å². The second-order valence-corrected chi connectivity index (χ2v) is 5.78. The van der Waals surface area contributed by atoms with Crippen molar-refractivity contribution in [3.8, 4) is 11.5 Å². The molecule has 1 N–H and O–H groups in total. The highest BCUT2D eigenvalue weighted by Crippen LogP contribution is 2.34. The summed E-state index contributed by atoms with van der Waals surface area (Å²) in [4.78, 5) is 27.7. The summed E-state index contributed by atoms with van der Waals surface area (Å²) in [7, 11) is 0. The average molecular weight is 319 g/mol. The maximum absolute atomic E-state index is 12.4. The zero-order valence-corrected chi connectivity index (χ0v) is 13.4. The number of rotatable bonds is 3. The molecule has 0 spiro atoms. The molecule has 7 nitrogen and oxygen atoms in total. The van der Waals surface area contributed by atoms with Crippen LogP contribution in [0.1, 0.15) is 13.8 Å². The Hall–Kier alpha value is -2.28. The molecule has 0 aromatic heterocycles. The predicted molar refractivity (Wildman–Crippen MR) is 84.5 cm³/mol. The van der Waals surface area contributed by atoms with Gasteiger partial charge in [0, 0.05) is 44.9 Å². The van der Waals surface area contributed by atoms with Crippen molar-refractivity contribution in [2.45, 2.75) is 19.9 Å². The quantitative estimate of drug-likeness (QED) is 0.896. The van der Waals surface area contributed by atoms with Gasteiger partial charge < -0.3 is 19.7 Å². The molecule has 0 saturated carbocycles. The fourth-order valence-electron chi connectivity index (χ4n) is 2.81. The number of benzene rings is 1. The number of anilines is 1. The highest BCUT2D eigenvalue weighted by molar-refractivity contribution is 5.94. The molecule has 1 atom stereocenters. The molecule has 1 saturated heterocycles. The lowest BCUT2D eigenvalue weighted by atomic mass is 10.2. The Morgan fingerprint density at radius 1 is 1.13 bits per heavy atom. The molecule has 0 radical (unpaired) electrons. The van der Waals surface area contributed by atoms with E-state index in [1.165, 1.54) is 0 Å². The molecule has 0 unspecified atom stereocenters. The van der Waals surface area contributed by atoms with Gasteiger partial charge in [-0.15, -0.1) is 0 Å². The number of hydrogen-bond donors (Lipinski definition) is 1. The van der Waals surface area contributed by atoms with Crippen LogP contribution >= 0.6 is 0 Å². The lowest BCUT2D eigenvalue weighted by Crippen LogP contribution is -2.53. The third kappa shape index (κ3) is 3.39. The Morgan fingerprint density at radius 2 is 1.83 bits per heavy atom. The highest BCUT2D eigenvalue weighted by atomic mass is 16.7. The number of ether oxygens (including phenoxy) is 2. The van der Waals surface area contributed by atoms with Crippen molar-refractivity contribution >= 4 is 17.5 Å². The molecule has 7 heteroatoms. The summed E-state index contributed by atoms with van der Waals surface area (Å²) in [6, 6.07) is 5.09. The number of carbonyl (C=O) groups is 2. The molecule has 0 aliphatic carbocycles. The largest absolute Gasteiger partial charge is 0.454 e. The van der Waals surface area contributed by atoms with Gasteiger partial charge in [0.05, 0.1) is 6.04 Å². The van der Waals surface area contributed by atoms with Crippen LogP contribution in [-0.4, -0.2) is 60.6 Å². The first-order valence-corrected chi connectivity index (χ1v) is 7.74. The summed E-state index contributed by atoms with van der Waals surface area (Å²) in [5.74, 6) is 1.35. The van der Waals surface area contributed by atoms with E-state index in [-0.39, 0.29) is 24.6 Å². The lowest BCUT2D eigenvalue weighted by Gasteiger charge is -2.37. The minimum Gasteiger partial charge on any atom is -0.454 e. The molecule has 3 rings (SSSR count). The Morgan fingerprint density at radius 3 is 2.52 bits per heavy atom. The van der Waals surface area contributed by atoms with Gasteiger partial charge in [0.2, 0.25) is 18.6 Å². The Kier molecular flexibility index (Phi) is 4.38. The third-order valence-electron chi connectivity index (χ3n) is 4.33. The number of amides is 2. The Bertz CT molecular complexity index is 611. The van der Waals surface area contributed by atoms with Crippen molar-refractivity contribution in [3.63, 3.8) is 0 Å². The number of fused-ring (bicyclic) bond motifs is 1. The molecule has 2 aliphatic heterocycles. The van der Waals surface area contributed by atoms with E-state index in [1.54, 1.807) is 30.0 Å². The normalized spacial score (nSPS) is 18.6. The van der Waals surface area contributed by atoms with E-state index in [0.717, 1.165) is 0 Å². The van der Waals surface area contributed by atoms with E-state index in [2.05, 4.69) is 10.2 Å². The second kappa shape index (κ2) is 6.45. The minimum atomic E-state index is -0.255. The first-order chi connectivity index (χ1) is 11.0. The maximum Gasteiger partial charge on any atom is 0.241 e. The van der Waals surface area contributed by atoms with E-state index in [4.69, 9.17) is 9.47 Å². The van der Waals surface area contributed by atoms with Crippen LogP contribution in [0.25, 0.3) is 0 Å². The molecule has 0 bridgehead atoms. The van der Waals surface area contributed by atoms with Gasteiger partial charge in [0.25, 0.3) is 0 Å².